The lowest BCUT2D eigenvalue weighted by atomic mass is 10.1. The van der Waals surface area contributed by atoms with Gasteiger partial charge in [0.1, 0.15) is 12.0 Å². The van der Waals surface area contributed by atoms with Gasteiger partial charge in [-0.15, -0.1) is 0 Å². The zero-order valence-corrected chi connectivity index (χ0v) is 14.5. The standard InChI is InChI=1S/C18H18ClN3O2/c1-11-5-4-6-12-10-24-17(16(11)12)22(18(20)21-2)14-9-13(19)7-8-15(14)23-3/h4-10H,1-3H3,(H2,20,21). The molecule has 2 N–H and O–H groups in total. The summed E-state index contributed by atoms with van der Waals surface area (Å²) in [6.07, 6.45) is 1.70. The summed E-state index contributed by atoms with van der Waals surface area (Å²) in [7, 11) is 3.22. The van der Waals surface area contributed by atoms with Gasteiger partial charge in [-0.1, -0.05) is 29.8 Å². The Morgan fingerprint density at radius 2 is 2.08 bits per heavy atom. The number of benzene rings is 2. The highest BCUT2D eigenvalue weighted by molar-refractivity contribution is 6.31. The van der Waals surface area contributed by atoms with E-state index in [0.29, 0.717) is 22.3 Å². The molecule has 24 heavy (non-hydrogen) atoms. The minimum Gasteiger partial charge on any atom is -0.495 e. The Hall–Kier alpha value is -2.66. The van der Waals surface area contributed by atoms with Gasteiger partial charge in [0, 0.05) is 22.8 Å². The van der Waals surface area contributed by atoms with E-state index in [1.54, 1.807) is 43.5 Å². The van der Waals surface area contributed by atoms with Crippen molar-refractivity contribution in [1.82, 2.24) is 0 Å². The maximum atomic E-state index is 6.18. The number of fused-ring (bicyclic) bond motifs is 1. The fourth-order valence-corrected chi connectivity index (χ4v) is 2.86. The van der Waals surface area contributed by atoms with Crippen molar-refractivity contribution in [2.75, 3.05) is 19.1 Å². The maximum absolute atomic E-state index is 6.18. The van der Waals surface area contributed by atoms with Crippen LogP contribution in [0.15, 0.2) is 52.1 Å². The van der Waals surface area contributed by atoms with Gasteiger partial charge >= 0.3 is 0 Å². The minimum absolute atomic E-state index is 0.273. The third kappa shape index (κ3) is 2.67. The molecule has 5 nitrogen and oxygen atoms in total. The molecule has 0 saturated carbocycles. The highest BCUT2D eigenvalue weighted by atomic mass is 35.5. The van der Waals surface area contributed by atoms with Crippen LogP contribution in [-0.2, 0) is 0 Å². The Bertz CT molecular complexity index is 918. The average Bonchev–Trinajstić information content (AvgIpc) is 3.00. The number of aliphatic imine (C=N–C) groups is 1. The molecule has 6 heteroatoms. The summed E-state index contributed by atoms with van der Waals surface area (Å²) in [5, 5.41) is 2.51. The topological polar surface area (TPSA) is 64.0 Å². The largest absolute Gasteiger partial charge is 0.495 e. The highest BCUT2D eigenvalue weighted by Gasteiger charge is 2.24. The molecule has 0 unspecified atom stereocenters. The van der Waals surface area contributed by atoms with Gasteiger partial charge in [0.2, 0.25) is 11.8 Å². The van der Waals surface area contributed by atoms with Crippen LogP contribution in [0.2, 0.25) is 5.02 Å². The third-order valence-corrected chi connectivity index (χ3v) is 4.09. The van der Waals surface area contributed by atoms with E-state index in [4.69, 9.17) is 26.5 Å². The lowest BCUT2D eigenvalue weighted by Gasteiger charge is -2.23. The van der Waals surface area contributed by atoms with Gasteiger partial charge < -0.3 is 14.9 Å². The monoisotopic (exact) mass is 343 g/mol. The molecular formula is C18H18ClN3O2. The van der Waals surface area contributed by atoms with E-state index in [1.165, 1.54) is 0 Å². The molecule has 0 aliphatic carbocycles. The van der Waals surface area contributed by atoms with Crippen LogP contribution >= 0.6 is 11.6 Å². The Morgan fingerprint density at radius 3 is 2.79 bits per heavy atom. The minimum atomic E-state index is 0.273. The number of hydrogen-bond acceptors (Lipinski definition) is 3. The molecule has 2 aromatic carbocycles. The molecule has 124 valence electrons. The second-order valence-corrected chi connectivity index (χ2v) is 5.75. The van der Waals surface area contributed by atoms with Crippen molar-refractivity contribution in [2.24, 2.45) is 10.7 Å². The first-order chi connectivity index (χ1) is 11.6. The van der Waals surface area contributed by atoms with Gasteiger partial charge in [-0.25, -0.2) is 4.90 Å². The van der Waals surface area contributed by atoms with Crippen LogP contribution in [0.4, 0.5) is 11.6 Å². The fourth-order valence-electron chi connectivity index (χ4n) is 2.70. The number of halogens is 1. The number of anilines is 2. The predicted molar refractivity (Wildman–Crippen MR) is 98.6 cm³/mol. The molecule has 3 aromatic rings. The van der Waals surface area contributed by atoms with E-state index < -0.39 is 0 Å². The molecule has 0 amide bonds. The Labute approximate surface area is 145 Å². The average molecular weight is 344 g/mol. The number of hydrogen-bond donors (Lipinski definition) is 1. The summed E-state index contributed by atoms with van der Waals surface area (Å²) in [6.45, 7) is 2.02. The predicted octanol–water partition coefficient (Wildman–Crippen LogP) is 4.49. The second-order valence-electron chi connectivity index (χ2n) is 5.31. The summed E-state index contributed by atoms with van der Waals surface area (Å²) in [5.41, 5.74) is 7.91. The lowest BCUT2D eigenvalue weighted by molar-refractivity contribution is 0.415. The molecule has 3 rings (SSSR count). The second kappa shape index (κ2) is 6.45. The normalized spacial score (nSPS) is 11.8. The Morgan fingerprint density at radius 1 is 1.29 bits per heavy atom. The molecule has 0 radical (unpaired) electrons. The summed E-state index contributed by atoms with van der Waals surface area (Å²) in [6, 6.07) is 11.3. The first-order valence-electron chi connectivity index (χ1n) is 7.39. The molecule has 0 bridgehead atoms. The maximum Gasteiger partial charge on any atom is 0.214 e. The number of methoxy groups -OCH3 is 1. The first kappa shape index (κ1) is 16.2. The van der Waals surface area contributed by atoms with E-state index in [1.807, 2.05) is 25.1 Å². The van der Waals surface area contributed by atoms with Crippen molar-refractivity contribution in [3.8, 4) is 5.75 Å². The molecule has 0 atom stereocenters. The zero-order chi connectivity index (χ0) is 17.3. The number of nitrogens with zero attached hydrogens (tertiary/aromatic N) is 2. The summed E-state index contributed by atoms with van der Waals surface area (Å²) < 4.78 is 11.3. The SMILES string of the molecule is CN=C(N)N(c1cc(Cl)ccc1OC)c1occ2cccc(C)c12. The molecule has 0 aliphatic rings. The smallest absolute Gasteiger partial charge is 0.214 e. The quantitative estimate of drug-likeness (QED) is 0.562. The molecule has 0 saturated heterocycles. The van der Waals surface area contributed by atoms with Gasteiger partial charge in [0.15, 0.2) is 0 Å². The van der Waals surface area contributed by atoms with Crippen molar-refractivity contribution in [3.63, 3.8) is 0 Å². The summed E-state index contributed by atoms with van der Waals surface area (Å²) in [5.74, 6) is 1.46. The Balaban J connectivity index is 2.31. The van der Waals surface area contributed by atoms with Gasteiger partial charge in [-0.05, 0) is 30.7 Å². The van der Waals surface area contributed by atoms with Gasteiger partial charge in [0.25, 0.3) is 0 Å². The number of nitrogens with two attached hydrogens (primary N) is 1. The molecule has 1 aromatic heterocycles. The number of ether oxygens (including phenoxy) is 1. The van der Waals surface area contributed by atoms with Crippen molar-refractivity contribution >= 4 is 39.9 Å². The summed E-state index contributed by atoms with van der Waals surface area (Å²) >= 11 is 6.18. The van der Waals surface area contributed by atoms with Crippen molar-refractivity contribution in [2.45, 2.75) is 6.92 Å². The van der Waals surface area contributed by atoms with E-state index >= 15 is 0 Å². The van der Waals surface area contributed by atoms with Gasteiger partial charge in [-0.3, -0.25) is 4.99 Å². The van der Waals surface area contributed by atoms with Crippen LogP contribution in [0.3, 0.4) is 0 Å². The summed E-state index contributed by atoms with van der Waals surface area (Å²) in [4.78, 5) is 5.83. The van der Waals surface area contributed by atoms with Crippen molar-refractivity contribution in [1.29, 1.82) is 0 Å². The van der Waals surface area contributed by atoms with Crippen molar-refractivity contribution in [3.05, 3.63) is 53.2 Å². The first-order valence-corrected chi connectivity index (χ1v) is 7.77. The van der Waals surface area contributed by atoms with Crippen LogP contribution in [0.1, 0.15) is 5.56 Å². The lowest BCUT2D eigenvalue weighted by Crippen LogP contribution is -2.33. The van der Waals surface area contributed by atoms with E-state index in [-0.39, 0.29) is 5.96 Å². The number of rotatable bonds is 3. The molecule has 0 aliphatic heterocycles. The Kier molecular flexibility index (Phi) is 4.36. The van der Waals surface area contributed by atoms with Crippen LogP contribution in [0.25, 0.3) is 10.8 Å². The highest BCUT2D eigenvalue weighted by Crippen LogP contribution is 2.40. The van der Waals surface area contributed by atoms with Crippen LogP contribution in [0.5, 0.6) is 5.75 Å². The molecule has 1 heterocycles. The van der Waals surface area contributed by atoms with E-state index in [9.17, 15) is 0 Å². The number of furan rings is 1. The molecule has 0 spiro atoms. The van der Waals surface area contributed by atoms with E-state index in [0.717, 1.165) is 16.3 Å². The van der Waals surface area contributed by atoms with Crippen LogP contribution in [-0.4, -0.2) is 20.1 Å². The van der Waals surface area contributed by atoms with Crippen LogP contribution in [0, 0.1) is 6.92 Å². The zero-order valence-electron chi connectivity index (χ0n) is 13.7. The van der Waals surface area contributed by atoms with Crippen LogP contribution < -0.4 is 15.4 Å². The van der Waals surface area contributed by atoms with Crippen molar-refractivity contribution < 1.29 is 9.15 Å². The fraction of sp³-hybridized carbons (Fsp3) is 0.167. The number of aryl methyl sites for hydroxylation is 1. The number of guanidine groups is 1. The third-order valence-electron chi connectivity index (χ3n) is 3.86. The molecule has 0 fully saturated rings. The van der Waals surface area contributed by atoms with Gasteiger partial charge in [0.05, 0.1) is 12.8 Å². The molecular weight excluding hydrogens is 326 g/mol. The van der Waals surface area contributed by atoms with E-state index in [2.05, 4.69) is 4.99 Å². The van der Waals surface area contributed by atoms with Gasteiger partial charge in [-0.2, -0.15) is 0 Å².